The predicted molar refractivity (Wildman–Crippen MR) is 97.5 cm³/mol. The highest BCUT2D eigenvalue weighted by Crippen LogP contribution is 2.30. The number of anilines is 1. The summed E-state index contributed by atoms with van der Waals surface area (Å²) in [6.45, 7) is 1.98. The zero-order chi connectivity index (χ0) is 18.3. The predicted octanol–water partition coefficient (Wildman–Crippen LogP) is 3.83. The van der Waals surface area contributed by atoms with Gasteiger partial charge in [0.05, 0.1) is 23.1 Å². The number of halogens is 3. The van der Waals surface area contributed by atoms with Crippen LogP contribution in [0, 0.1) is 11.6 Å². The molecule has 8 heteroatoms. The van der Waals surface area contributed by atoms with Gasteiger partial charge in [-0.3, -0.25) is 0 Å². The molecule has 1 aliphatic heterocycles. The smallest absolute Gasteiger partial charge is 0.178 e. The van der Waals surface area contributed by atoms with Gasteiger partial charge in [-0.2, -0.15) is 9.61 Å². The molecule has 5 nitrogen and oxygen atoms in total. The minimum Gasteiger partial charge on any atom is -0.379 e. The molecule has 2 aromatic heterocycles. The largest absolute Gasteiger partial charge is 0.379 e. The highest BCUT2D eigenvalue weighted by Gasteiger charge is 2.21. The molecule has 0 aliphatic carbocycles. The van der Waals surface area contributed by atoms with Crippen LogP contribution >= 0.6 is 11.6 Å². The van der Waals surface area contributed by atoms with Crippen molar-refractivity contribution >= 4 is 22.9 Å². The Labute approximate surface area is 154 Å². The number of piperidine rings is 1. The second-order valence-corrected chi connectivity index (χ2v) is 6.97. The number of imidazole rings is 1. The van der Waals surface area contributed by atoms with Crippen molar-refractivity contribution in [1.29, 1.82) is 0 Å². The SMILES string of the molecule is CN1CCC(Nc2cc(-c3c(F)cccc3F)nn3c(Cl)cnc23)CC1. The molecule has 1 aliphatic rings. The molecular weight excluding hydrogens is 360 g/mol. The second-order valence-electron chi connectivity index (χ2n) is 6.58. The molecule has 0 unspecified atom stereocenters. The molecule has 0 bridgehead atoms. The van der Waals surface area contributed by atoms with Crippen LogP contribution in [0.15, 0.2) is 30.5 Å². The quantitative estimate of drug-likeness (QED) is 0.753. The van der Waals surface area contributed by atoms with E-state index in [1.165, 1.54) is 28.9 Å². The van der Waals surface area contributed by atoms with Gasteiger partial charge in [-0.15, -0.1) is 0 Å². The van der Waals surface area contributed by atoms with Crippen LogP contribution in [0.25, 0.3) is 16.9 Å². The topological polar surface area (TPSA) is 45.5 Å². The summed E-state index contributed by atoms with van der Waals surface area (Å²) in [7, 11) is 2.09. The van der Waals surface area contributed by atoms with Crippen molar-refractivity contribution in [3.8, 4) is 11.3 Å². The normalized spacial score (nSPS) is 16.3. The highest BCUT2D eigenvalue weighted by atomic mass is 35.5. The molecule has 1 N–H and O–H groups in total. The maximum absolute atomic E-state index is 14.2. The Morgan fingerprint density at radius 3 is 2.58 bits per heavy atom. The molecule has 0 radical (unpaired) electrons. The van der Waals surface area contributed by atoms with E-state index in [4.69, 9.17) is 11.6 Å². The summed E-state index contributed by atoms with van der Waals surface area (Å²) in [6, 6.07) is 5.65. The van der Waals surface area contributed by atoms with Crippen molar-refractivity contribution in [3.05, 3.63) is 47.2 Å². The van der Waals surface area contributed by atoms with Crippen molar-refractivity contribution in [2.75, 3.05) is 25.5 Å². The molecule has 136 valence electrons. The number of hydrogen-bond acceptors (Lipinski definition) is 4. The van der Waals surface area contributed by atoms with Gasteiger partial charge in [0.2, 0.25) is 0 Å². The number of rotatable bonds is 3. The fourth-order valence-corrected chi connectivity index (χ4v) is 3.45. The van der Waals surface area contributed by atoms with Crippen LogP contribution in [0.2, 0.25) is 5.15 Å². The summed E-state index contributed by atoms with van der Waals surface area (Å²) in [5, 5.41) is 8.02. The van der Waals surface area contributed by atoms with Gasteiger partial charge in [-0.05, 0) is 51.2 Å². The van der Waals surface area contributed by atoms with Crippen LogP contribution in [0.5, 0.6) is 0 Å². The standard InChI is InChI=1S/C18H18ClF2N5/c1-25-7-5-11(6-8-25)23-15-9-14(17-12(20)3-2-4-13(17)21)24-26-16(19)10-22-18(15)26/h2-4,9-11,23H,5-8H2,1H3. The van der Waals surface area contributed by atoms with E-state index in [0.717, 1.165) is 25.9 Å². The van der Waals surface area contributed by atoms with Crippen LogP contribution in [0.4, 0.5) is 14.5 Å². The Kier molecular flexibility index (Phi) is 4.50. The number of nitrogens with one attached hydrogen (secondary N) is 1. The van der Waals surface area contributed by atoms with Gasteiger partial charge >= 0.3 is 0 Å². The van der Waals surface area contributed by atoms with E-state index in [0.29, 0.717) is 11.3 Å². The average Bonchev–Trinajstić information content (AvgIpc) is 2.98. The molecule has 1 aromatic carbocycles. The Balaban J connectivity index is 1.79. The molecule has 1 fully saturated rings. The summed E-state index contributed by atoms with van der Waals surface area (Å²) in [5.74, 6) is -1.34. The van der Waals surface area contributed by atoms with E-state index >= 15 is 0 Å². The van der Waals surface area contributed by atoms with Crippen LogP contribution in [-0.2, 0) is 0 Å². The monoisotopic (exact) mass is 377 g/mol. The number of hydrogen-bond donors (Lipinski definition) is 1. The lowest BCUT2D eigenvalue weighted by molar-refractivity contribution is 0.264. The van der Waals surface area contributed by atoms with Crippen molar-refractivity contribution in [2.24, 2.45) is 0 Å². The van der Waals surface area contributed by atoms with Crippen LogP contribution in [0.1, 0.15) is 12.8 Å². The molecule has 0 spiro atoms. The van der Waals surface area contributed by atoms with E-state index in [2.05, 4.69) is 27.3 Å². The molecule has 0 amide bonds. The van der Waals surface area contributed by atoms with Crippen molar-refractivity contribution in [2.45, 2.75) is 18.9 Å². The first-order chi connectivity index (χ1) is 12.5. The Morgan fingerprint density at radius 2 is 1.88 bits per heavy atom. The number of nitrogens with zero attached hydrogens (tertiary/aromatic N) is 4. The van der Waals surface area contributed by atoms with Gasteiger partial charge < -0.3 is 10.2 Å². The Bertz CT molecular complexity index is 930. The molecule has 26 heavy (non-hydrogen) atoms. The third-order valence-corrected chi connectivity index (χ3v) is 4.98. The maximum Gasteiger partial charge on any atom is 0.178 e. The van der Waals surface area contributed by atoms with Crippen LogP contribution in [0.3, 0.4) is 0 Å². The number of benzene rings is 1. The maximum atomic E-state index is 14.2. The summed E-state index contributed by atoms with van der Waals surface area (Å²) >= 11 is 6.16. The minimum absolute atomic E-state index is 0.170. The summed E-state index contributed by atoms with van der Waals surface area (Å²) in [4.78, 5) is 6.56. The van der Waals surface area contributed by atoms with Crippen molar-refractivity contribution in [1.82, 2.24) is 19.5 Å². The lowest BCUT2D eigenvalue weighted by Gasteiger charge is -2.30. The molecule has 0 atom stereocenters. The summed E-state index contributed by atoms with van der Waals surface area (Å²) in [5.41, 5.74) is 1.20. The first-order valence-corrected chi connectivity index (χ1v) is 8.84. The summed E-state index contributed by atoms with van der Waals surface area (Å²) < 4.78 is 29.9. The molecule has 4 rings (SSSR count). The average molecular weight is 378 g/mol. The number of fused-ring (bicyclic) bond motifs is 1. The van der Waals surface area contributed by atoms with Gasteiger partial charge in [0.15, 0.2) is 10.8 Å². The number of likely N-dealkylation sites (tertiary alicyclic amines) is 1. The third kappa shape index (κ3) is 3.12. The zero-order valence-corrected chi connectivity index (χ0v) is 15.0. The van der Waals surface area contributed by atoms with Gasteiger partial charge in [-0.25, -0.2) is 13.8 Å². The van der Waals surface area contributed by atoms with Crippen LogP contribution < -0.4 is 5.32 Å². The highest BCUT2D eigenvalue weighted by molar-refractivity contribution is 6.29. The first-order valence-electron chi connectivity index (χ1n) is 8.46. The second kappa shape index (κ2) is 6.81. The van der Waals surface area contributed by atoms with Gasteiger partial charge in [-0.1, -0.05) is 17.7 Å². The minimum atomic E-state index is -0.668. The first kappa shape index (κ1) is 17.2. The van der Waals surface area contributed by atoms with Crippen molar-refractivity contribution < 1.29 is 8.78 Å². The van der Waals surface area contributed by atoms with Crippen molar-refractivity contribution in [3.63, 3.8) is 0 Å². The Hall–Kier alpha value is -2.25. The molecule has 3 aromatic rings. The zero-order valence-electron chi connectivity index (χ0n) is 14.2. The molecule has 1 saturated heterocycles. The summed E-state index contributed by atoms with van der Waals surface area (Å²) in [6.07, 6.45) is 3.43. The van der Waals surface area contributed by atoms with E-state index in [9.17, 15) is 8.78 Å². The molecular formula is C18H18ClF2N5. The van der Waals surface area contributed by atoms with E-state index in [-0.39, 0.29) is 22.5 Å². The lowest BCUT2D eigenvalue weighted by atomic mass is 10.0. The lowest BCUT2D eigenvalue weighted by Crippen LogP contribution is -2.36. The fourth-order valence-electron chi connectivity index (χ4n) is 3.29. The number of aromatic nitrogens is 3. The fraction of sp³-hybridized carbons (Fsp3) is 0.333. The van der Waals surface area contributed by atoms with E-state index < -0.39 is 11.6 Å². The van der Waals surface area contributed by atoms with Gasteiger partial charge in [0, 0.05) is 6.04 Å². The Morgan fingerprint density at radius 1 is 1.19 bits per heavy atom. The van der Waals surface area contributed by atoms with Gasteiger partial charge in [0.25, 0.3) is 0 Å². The van der Waals surface area contributed by atoms with Gasteiger partial charge in [0.1, 0.15) is 11.6 Å². The van der Waals surface area contributed by atoms with E-state index in [1.807, 2.05) is 0 Å². The molecule has 0 saturated carbocycles. The third-order valence-electron chi connectivity index (χ3n) is 4.72. The van der Waals surface area contributed by atoms with Crippen LogP contribution in [-0.4, -0.2) is 45.7 Å². The van der Waals surface area contributed by atoms with E-state index in [1.54, 1.807) is 6.07 Å². The molecule has 3 heterocycles.